The number of hydrogen-bond acceptors (Lipinski definition) is 3. The average Bonchev–Trinajstić information content (AvgIpc) is 2.46. The number of thioether (sulfide) groups is 1. The highest BCUT2D eigenvalue weighted by molar-refractivity contribution is 9.10. The Balaban J connectivity index is 2.23. The molecule has 0 bridgehead atoms. The zero-order chi connectivity index (χ0) is 15.2. The molecule has 2 aromatic carbocycles. The second-order valence-electron chi connectivity index (χ2n) is 4.23. The fourth-order valence-electron chi connectivity index (χ4n) is 1.67. The number of anilines is 1. The molecule has 0 aromatic heterocycles. The van der Waals surface area contributed by atoms with Gasteiger partial charge in [0, 0.05) is 15.2 Å². The van der Waals surface area contributed by atoms with Gasteiger partial charge in [-0.3, -0.25) is 5.43 Å². The second kappa shape index (κ2) is 8.08. The van der Waals surface area contributed by atoms with Crippen LogP contribution in [0.5, 0.6) is 0 Å². The third-order valence-corrected chi connectivity index (χ3v) is 4.34. The highest BCUT2D eigenvalue weighted by Crippen LogP contribution is 2.25. The average molecular weight is 404 g/mol. The van der Waals surface area contributed by atoms with Crippen LogP contribution in [-0.4, -0.2) is 17.7 Å². The van der Waals surface area contributed by atoms with Gasteiger partial charge in [0.05, 0.1) is 16.4 Å². The quantitative estimate of drug-likeness (QED) is 0.493. The SMILES string of the molecule is CSCC(=NNc1ccc(Cl)cc1Cl)c1ccc(Br)cc1. The van der Waals surface area contributed by atoms with E-state index in [4.69, 9.17) is 23.2 Å². The van der Waals surface area contributed by atoms with Gasteiger partial charge in [-0.15, -0.1) is 0 Å². The first-order valence-corrected chi connectivity index (χ1v) is 9.07. The van der Waals surface area contributed by atoms with Crippen molar-refractivity contribution in [2.24, 2.45) is 5.10 Å². The lowest BCUT2D eigenvalue weighted by Crippen LogP contribution is -2.07. The zero-order valence-corrected chi connectivity index (χ0v) is 15.2. The van der Waals surface area contributed by atoms with Crippen molar-refractivity contribution in [3.8, 4) is 0 Å². The van der Waals surface area contributed by atoms with Gasteiger partial charge in [-0.2, -0.15) is 16.9 Å². The summed E-state index contributed by atoms with van der Waals surface area (Å²) in [6.07, 6.45) is 2.05. The summed E-state index contributed by atoms with van der Waals surface area (Å²) in [6.45, 7) is 0. The molecule has 0 aliphatic rings. The van der Waals surface area contributed by atoms with E-state index in [9.17, 15) is 0 Å². The Kier molecular flexibility index (Phi) is 6.42. The Morgan fingerprint density at radius 3 is 2.52 bits per heavy atom. The zero-order valence-electron chi connectivity index (χ0n) is 11.2. The lowest BCUT2D eigenvalue weighted by atomic mass is 10.1. The summed E-state index contributed by atoms with van der Waals surface area (Å²) in [5, 5.41) is 5.63. The monoisotopic (exact) mass is 402 g/mol. The van der Waals surface area contributed by atoms with Crippen molar-refractivity contribution in [3.63, 3.8) is 0 Å². The number of nitrogens with zero attached hydrogens (tertiary/aromatic N) is 1. The van der Waals surface area contributed by atoms with Crippen LogP contribution in [0.1, 0.15) is 5.56 Å². The second-order valence-corrected chi connectivity index (χ2v) is 6.86. The molecule has 1 N–H and O–H groups in total. The van der Waals surface area contributed by atoms with E-state index in [0.29, 0.717) is 10.0 Å². The first-order chi connectivity index (χ1) is 10.1. The summed E-state index contributed by atoms with van der Waals surface area (Å²) in [7, 11) is 0. The smallest absolute Gasteiger partial charge is 0.0778 e. The maximum Gasteiger partial charge on any atom is 0.0778 e. The molecule has 0 fully saturated rings. The van der Waals surface area contributed by atoms with Gasteiger partial charge in [-0.1, -0.05) is 51.3 Å². The first kappa shape index (κ1) is 16.7. The standard InChI is InChI=1S/C15H13BrCl2N2S/c1-21-9-15(10-2-4-11(16)5-3-10)20-19-14-7-6-12(17)8-13(14)18/h2-8,19H,9H2,1H3. The minimum Gasteiger partial charge on any atom is -0.277 e. The fourth-order valence-corrected chi connectivity index (χ4v) is 2.89. The van der Waals surface area contributed by atoms with Crippen molar-refractivity contribution in [2.75, 3.05) is 17.4 Å². The number of halogens is 3. The van der Waals surface area contributed by atoms with Crippen molar-refractivity contribution < 1.29 is 0 Å². The molecule has 0 saturated heterocycles. The summed E-state index contributed by atoms with van der Waals surface area (Å²) in [6, 6.07) is 13.3. The van der Waals surface area contributed by atoms with E-state index in [1.807, 2.05) is 36.6 Å². The predicted molar refractivity (Wildman–Crippen MR) is 99.1 cm³/mol. The maximum absolute atomic E-state index is 6.13. The molecule has 2 aromatic rings. The summed E-state index contributed by atoms with van der Waals surface area (Å²) >= 11 is 17.2. The molecule has 0 saturated carbocycles. The Morgan fingerprint density at radius 2 is 1.90 bits per heavy atom. The molecule has 2 nitrogen and oxygen atoms in total. The highest BCUT2D eigenvalue weighted by Gasteiger charge is 2.05. The van der Waals surface area contributed by atoms with Gasteiger partial charge in [0.25, 0.3) is 0 Å². The van der Waals surface area contributed by atoms with Crippen LogP contribution in [-0.2, 0) is 0 Å². The van der Waals surface area contributed by atoms with Crippen LogP contribution in [0.25, 0.3) is 0 Å². The van der Waals surface area contributed by atoms with Crippen molar-refractivity contribution in [1.29, 1.82) is 0 Å². The number of hydrogen-bond donors (Lipinski definition) is 1. The van der Waals surface area contributed by atoms with Crippen molar-refractivity contribution >= 4 is 62.3 Å². The van der Waals surface area contributed by atoms with Crippen LogP contribution in [0.3, 0.4) is 0 Å². The van der Waals surface area contributed by atoms with Crippen LogP contribution < -0.4 is 5.43 Å². The Morgan fingerprint density at radius 1 is 1.19 bits per heavy atom. The van der Waals surface area contributed by atoms with E-state index < -0.39 is 0 Å². The molecule has 0 aliphatic heterocycles. The third-order valence-electron chi connectivity index (χ3n) is 2.70. The molecule has 0 amide bonds. The molecule has 0 unspecified atom stereocenters. The van der Waals surface area contributed by atoms with Crippen molar-refractivity contribution in [2.45, 2.75) is 0 Å². The van der Waals surface area contributed by atoms with Crippen LogP contribution in [0.4, 0.5) is 5.69 Å². The van der Waals surface area contributed by atoms with Crippen molar-refractivity contribution in [1.82, 2.24) is 0 Å². The van der Waals surface area contributed by atoms with Gasteiger partial charge >= 0.3 is 0 Å². The van der Waals surface area contributed by atoms with Crippen LogP contribution >= 0.6 is 50.9 Å². The number of hydrazone groups is 1. The van der Waals surface area contributed by atoms with Crippen LogP contribution in [0.15, 0.2) is 52.0 Å². The molecule has 0 aliphatic carbocycles. The van der Waals surface area contributed by atoms with E-state index >= 15 is 0 Å². The fraction of sp³-hybridized carbons (Fsp3) is 0.133. The van der Waals surface area contributed by atoms with Gasteiger partial charge < -0.3 is 0 Å². The molecule has 0 atom stereocenters. The van der Waals surface area contributed by atoms with E-state index in [2.05, 4.69) is 26.5 Å². The van der Waals surface area contributed by atoms with Crippen LogP contribution in [0, 0.1) is 0 Å². The Labute approximate surface area is 147 Å². The topological polar surface area (TPSA) is 24.4 Å². The predicted octanol–water partition coefficient (Wildman–Crippen LogP) is 5.94. The molecule has 0 spiro atoms. The largest absolute Gasteiger partial charge is 0.277 e. The first-order valence-electron chi connectivity index (χ1n) is 6.12. The van der Waals surface area contributed by atoms with E-state index in [1.165, 1.54) is 0 Å². The molecule has 0 radical (unpaired) electrons. The lowest BCUT2D eigenvalue weighted by molar-refractivity contribution is 1.32. The Bertz CT molecular complexity index is 645. The van der Waals surface area contributed by atoms with Gasteiger partial charge in [-0.25, -0.2) is 0 Å². The molecule has 0 heterocycles. The van der Waals surface area contributed by atoms with E-state index in [0.717, 1.165) is 27.2 Å². The minimum absolute atomic E-state index is 0.547. The molecule has 2 rings (SSSR count). The van der Waals surface area contributed by atoms with E-state index in [1.54, 1.807) is 23.9 Å². The minimum atomic E-state index is 0.547. The molecular weight excluding hydrogens is 391 g/mol. The van der Waals surface area contributed by atoms with Gasteiger partial charge in [0.15, 0.2) is 0 Å². The Hall–Kier alpha value is -0.680. The molecule has 110 valence electrons. The maximum atomic E-state index is 6.13. The van der Waals surface area contributed by atoms with Crippen LogP contribution in [0.2, 0.25) is 10.0 Å². The normalized spacial score (nSPS) is 11.5. The van der Waals surface area contributed by atoms with Crippen molar-refractivity contribution in [3.05, 3.63) is 62.5 Å². The molecule has 6 heteroatoms. The number of rotatable bonds is 5. The summed E-state index contributed by atoms with van der Waals surface area (Å²) < 4.78 is 1.04. The summed E-state index contributed by atoms with van der Waals surface area (Å²) in [5.74, 6) is 0.805. The van der Waals surface area contributed by atoms with Gasteiger partial charge in [-0.05, 0) is 42.2 Å². The lowest BCUT2D eigenvalue weighted by Gasteiger charge is -2.08. The third kappa shape index (κ3) is 4.92. The van der Waals surface area contributed by atoms with Gasteiger partial charge in [0.1, 0.15) is 0 Å². The molecular formula is C15H13BrCl2N2S. The summed E-state index contributed by atoms with van der Waals surface area (Å²) in [4.78, 5) is 0. The number of benzene rings is 2. The van der Waals surface area contributed by atoms with Gasteiger partial charge in [0.2, 0.25) is 0 Å². The number of nitrogens with one attached hydrogen (secondary N) is 1. The van der Waals surface area contributed by atoms with E-state index in [-0.39, 0.29) is 0 Å². The summed E-state index contributed by atoms with van der Waals surface area (Å²) in [5.41, 5.74) is 5.78. The highest BCUT2D eigenvalue weighted by atomic mass is 79.9. The molecule has 21 heavy (non-hydrogen) atoms.